The molecule has 3 rings (SSSR count). The zero-order chi connectivity index (χ0) is 11.0. The molecule has 1 aromatic rings. The largest absolute Gasteiger partial charge is 0.384 e. The summed E-state index contributed by atoms with van der Waals surface area (Å²) in [6, 6.07) is 2.32. The molecule has 0 radical (unpaired) electrons. The Kier molecular flexibility index (Phi) is 2.40. The maximum atomic E-state index is 5.77. The van der Waals surface area contributed by atoms with Gasteiger partial charge in [0.15, 0.2) is 0 Å². The van der Waals surface area contributed by atoms with Crippen molar-refractivity contribution in [2.75, 3.05) is 23.8 Å². The van der Waals surface area contributed by atoms with E-state index in [9.17, 15) is 0 Å². The van der Waals surface area contributed by atoms with Crippen molar-refractivity contribution in [3.8, 4) is 0 Å². The summed E-state index contributed by atoms with van der Waals surface area (Å²) in [5.74, 6) is 1.47. The average Bonchev–Trinajstić information content (AvgIpc) is 2.76. The quantitative estimate of drug-likeness (QED) is 0.759. The first-order valence-electron chi connectivity index (χ1n) is 5.80. The van der Waals surface area contributed by atoms with Crippen LogP contribution in [-0.4, -0.2) is 35.3 Å². The van der Waals surface area contributed by atoms with Gasteiger partial charge in [-0.05, 0) is 19.3 Å². The summed E-state index contributed by atoms with van der Waals surface area (Å²) < 4.78 is 5.77. The molecule has 2 heterocycles. The van der Waals surface area contributed by atoms with Crippen molar-refractivity contribution in [3.05, 3.63) is 12.4 Å². The predicted octanol–water partition coefficient (Wildman–Crippen LogP) is 0.816. The van der Waals surface area contributed by atoms with Crippen LogP contribution in [0.5, 0.6) is 0 Å². The molecule has 5 nitrogen and oxygen atoms in total. The second-order valence-corrected chi connectivity index (χ2v) is 4.40. The molecule has 0 spiro atoms. The smallest absolute Gasteiger partial charge is 0.134 e. The number of rotatable bonds is 1. The highest BCUT2D eigenvalue weighted by Crippen LogP contribution is 2.32. The second kappa shape index (κ2) is 3.90. The summed E-state index contributed by atoms with van der Waals surface area (Å²) >= 11 is 0. The summed E-state index contributed by atoms with van der Waals surface area (Å²) in [6.07, 6.45) is 5.51. The third kappa shape index (κ3) is 1.61. The fraction of sp³-hybridized carbons (Fsp3) is 0.636. The Labute approximate surface area is 94.6 Å². The van der Waals surface area contributed by atoms with Crippen molar-refractivity contribution in [1.29, 1.82) is 0 Å². The molecule has 0 amide bonds. The van der Waals surface area contributed by atoms with E-state index in [2.05, 4.69) is 14.9 Å². The van der Waals surface area contributed by atoms with Gasteiger partial charge in [-0.2, -0.15) is 0 Å². The number of anilines is 2. The molecular weight excluding hydrogens is 204 g/mol. The van der Waals surface area contributed by atoms with Gasteiger partial charge >= 0.3 is 0 Å². The van der Waals surface area contributed by atoms with Crippen molar-refractivity contribution in [1.82, 2.24) is 9.97 Å². The van der Waals surface area contributed by atoms with Gasteiger partial charge < -0.3 is 15.4 Å². The number of aromatic nitrogens is 2. The van der Waals surface area contributed by atoms with Gasteiger partial charge in [0.2, 0.25) is 0 Å². The summed E-state index contributed by atoms with van der Waals surface area (Å²) in [5, 5.41) is 0. The lowest BCUT2D eigenvalue weighted by Gasteiger charge is -2.38. The zero-order valence-electron chi connectivity index (χ0n) is 9.17. The number of hydrogen-bond donors (Lipinski definition) is 1. The predicted molar refractivity (Wildman–Crippen MR) is 61.2 cm³/mol. The molecule has 2 atom stereocenters. The van der Waals surface area contributed by atoms with E-state index in [1.807, 2.05) is 6.07 Å². The van der Waals surface area contributed by atoms with Crippen molar-refractivity contribution in [3.63, 3.8) is 0 Å². The van der Waals surface area contributed by atoms with Crippen LogP contribution in [0.2, 0.25) is 0 Å². The Hall–Kier alpha value is -1.36. The van der Waals surface area contributed by atoms with Crippen molar-refractivity contribution in [2.24, 2.45) is 0 Å². The number of morpholine rings is 1. The first-order chi connectivity index (χ1) is 7.84. The van der Waals surface area contributed by atoms with Crippen molar-refractivity contribution >= 4 is 11.6 Å². The van der Waals surface area contributed by atoms with Crippen LogP contribution in [0.3, 0.4) is 0 Å². The van der Waals surface area contributed by atoms with Gasteiger partial charge in [-0.15, -0.1) is 0 Å². The lowest BCUT2D eigenvalue weighted by molar-refractivity contribution is 0.0253. The molecule has 5 heteroatoms. The maximum Gasteiger partial charge on any atom is 0.134 e. The van der Waals surface area contributed by atoms with Crippen LogP contribution in [-0.2, 0) is 4.74 Å². The van der Waals surface area contributed by atoms with Crippen LogP contribution >= 0.6 is 0 Å². The molecule has 2 aliphatic rings. The molecule has 16 heavy (non-hydrogen) atoms. The van der Waals surface area contributed by atoms with E-state index in [0.29, 0.717) is 18.0 Å². The third-order valence-electron chi connectivity index (χ3n) is 3.45. The molecule has 1 aliphatic heterocycles. The van der Waals surface area contributed by atoms with E-state index in [1.54, 1.807) is 0 Å². The number of nitrogens with zero attached hydrogens (tertiary/aromatic N) is 3. The topological polar surface area (TPSA) is 64.3 Å². The second-order valence-electron chi connectivity index (χ2n) is 4.40. The standard InChI is InChI=1S/C11H16N4O/c12-10-6-11(14-7-13-10)15-4-5-16-9-3-1-2-8(9)15/h6-9H,1-5H2,(H2,12,13,14). The van der Waals surface area contributed by atoms with Gasteiger partial charge in [0.25, 0.3) is 0 Å². The highest BCUT2D eigenvalue weighted by atomic mass is 16.5. The van der Waals surface area contributed by atoms with Gasteiger partial charge in [0, 0.05) is 12.6 Å². The molecule has 2 fully saturated rings. The van der Waals surface area contributed by atoms with Crippen LogP contribution in [0.4, 0.5) is 11.6 Å². The number of nitrogen functional groups attached to an aromatic ring is 1. The Morgan fingerprint density at radius 3 is 3.19 bits per heavy atom. The number of hydrogen-bond acceptors (Lipinski definition) is 5. The summed E-state index contributed by atoms with van der Waals surface area (Å²) in [5.41, 5.74) is 5.69. The van der Waals surface area contributed by atoms with Crippen molar-refractivity contribution < 1.29 is 4.74 Å². The molecule has 1 aromatic heterocycles. The molecule has 1 saturated carbocycles. The summed E-state index contributed by atoms with van der Waals surface area (Å²) in [7, 11) is 0. The average molecular weight is 220 g/mol. The Bertz CT molecular complexity index is 384. The molecule has 0 bridgehead atoms. The third-order valence-corrected chi connectivity index (χ3v) is 3.45. The molecular formula is C11H16N4O. The maximum absolute atomic E-state index is 5.77. The first-order valence-corrected chi connectivity index (χ1v) is 5.80. The van der Waals surface area contributed by atoms with E-state index in [0.717, 1.165) is 19.0 Å². The van der Waals surface area contributed by atoms with Crippen LogP contribution in [0.1, 0.15) is 19.3 Å². The van der Waals surface area contributed by atoms with Crippen molar-refractivity contribution in [2.45, 2.75) is 31.4 Å². The Morgan fingerprint density at radius 1 is 1.38 bits per heavy atom. The van der Waals surface area contributed by atoms with Gasteiger partial charge in [-0.3, -0.25) is 0 Å². The first kappa shape index (κ1) is 9.84. The minimum Gasteiger partial charge on any atom is -0.384 e. The van der Waals surface area contributed by atoms with E-state index in [1.165, 1.54) is 25.6 Å². The van der Waals surface area contributed by atoms with Crippen LogP contribution in [0.15, 0.2) is 12.4 Å². The lowest BCUT2D eigenvalue weighted by Crippen LogP contribution is -2.49. The number of ether oxygens (including phenoxy) is 1. The molecule has 2 N–H and O–H groups in total. The van der Waals surface area contributed by atoms with Gasteiger partial charge in [0.1, 0.15) is 18.0 Å². The zero-order valence-corrected chi connectivity index (χ0v) is 9.17. The number of nitrogens with two attached hydrogens (primary N) is 1. The van der Waals surface area contributed by atoms with E-state index in [4.69, 9.17) is 10.5 Å². The molecule has 0 aromatic carbocycles. The highest BCUT2D eigenvalue weighted by molar-refractivity contribution is 5.47. The highest BCUT2D eigenvalue weighted by Gasteiger charge is 2.36. The fourth-order valence-electron chi connectivity index (χ4n) is 2.73. The summed E-state index contributed by atoms with van der Waals surface area (Å²) in [4.78, 5) is 10.6. The Balaban J connectivity index is 1.88. The molecule has 86 valence electrons. The van der Waals surface area contributed by atoms with E-state index >= 15 is 0 Å². The molecule has 1 aliphatic carbocycles. The van der Waals surface area contributed by atoms with E-state index < -0.39 is 0 Å². The fourth-order valence-corrected chi connectivity index (χ4v) is 2.73. The normalized spacial score (nSPS) is 29.1. The Morgan fingerprint density at radius 2 is 2.31 bits per heavy atom. The SMILES string of the molecule is Nc1cc(N2CCOC3CCCC32)ncn1. The van der Waals surface area contributed by atoms with Gasteiger partial charge in [-0.25, -0.2) is 9.97 Å². The summed E-state index contributed by atoms with van der Waals surface area (Å²) in [6.45, 7) is 1.68. The monoisotopic (exact) mass is 220 g/mol. The lowest BCUT2D eigenvalue weighted by atomic mass is 10.1. The minimum atomic E-state index is 0.380. The van der Waals surface area contributed by atoms with E-state index in [-0.39, 0.29) is 0 Å². The molecule has 2 unspecified atom stereocenters. The van der Waals surface area contributed by atoms with Gasteiger partial charge in [-0.1, -0.05) is 0 Å². The van der Waals surface area contributed by atoms with Crippen LogP contribution in [0, 0.1) is 0 Å². The number of fused-ring (bicyclic) bond motifs is 1. The molecule has 1 saturated heterocycles. The minimum absolute atomic E-state index is 0.380. The van der Waals surface area contributed by atoms with Crippen LogP contribution in [0.25, 0.3) is 0 Å². The van der Waals surface area contributed by atoms with Crippen LogP contribution < -0.4 is 10.6 Å². The van der Waals surface area contributed by atoms with Gasteiger partial charge in [0.05, 0.1) is 18.8 Å².